The van der Waals surface area contributed by atoms with Gasteiger partial charge in [0.25, 0.3) is 0 Å². The Hall–Kier alpha value is -1.74. The van der Waals surface area contributed by atoms with Gasteiger partial charge in [0.05, 0.1) is 6.10 Å². The first-order chi connectivity index (χ1) is 10.6. The highest BCUT2D eigenvalue weighted by Crippen LogP contribution is 2.25. The van der Waals surface area contributed by atoms with Crippen molar-refractivity contribution in [2.24, 2.45) is 0 Å². The quantitative estimate of drug-likeness (QED) is 0.735. The van der Waals surface area contributed by atoms with Crippen molar-refractivity contribution in [3.8, 4) is 0 Å². The number of rotatable bonds is 8. The first-order valence-electron chi connectivity index (χ1n) is 8.23. The van der Waals surface area contributed by atoms with Crippen LogP contribution in [0.3, 0.4) is 0 Å². The van der Waals surface area contributed by atoms with E-state index in [1.54, 1.807) is 24.3 Å². The lowest BCUT2D eigenvalue weighted by Gasteiger charge is -2.19. The number of aliphatic hydroxyl groups is 1. The van der Waals surface area contributed by atoms with Crippen molar-refractivity contribution in [1.82, 2.24) is 0 Å². The summed E-state index contributed by atoms with van der Waals surface area (Å²) in [4.78, 5) is 24.5. The van der Waals surface area contributed by atoms with Crippen LogP contribution in [-0.2, 0) is 0 Å². The highest BCUT2D eigenvalue weighted by molar-refractivity contribution is 6.24. The zero-order valence-electron chi connectivity index (χ0n) is 13.2. The number of Topliss-reactive ketones (excluding diaryl/α,β-unsaturated/α-hetero) is 1. The molecule has 0 saturated carbocycles. The first kappa shape index (κ1) is 16.6. The van der Waals surface area contributed by atoms with E-state index in [-0.39, 0.29) is 17.1 Å². The summed E-state index contributed by atoms with van der Waals surface area (Å²) in [6.07, 6.45) is 7.80. The maximum atomic E-state index is 12.4. The molecule has 3 nitrogen and oxygen atoms in total. The fraction of sp³-hybridized carbons (Fsp3) is 0.474. The minimum Gasteiger partial charge on any atom is -0.388 e. The summed E-state index contributed by atoms with van der Waals surface area (Å²) < 4.78 is 0. The van der Waals surface area contributed by atoms with Gasteiger partial charge in [-0.3, -0.25) is 9.59 Å². The molecule has 0 saturated heterocycles. The maximum absolute atomic E-state index is 12.4. The summed E-state index contributed by atoms with van der Waals surface area (Å²) in [6.45, 7) is 2.18. The molecule has 0 unspecified atom stereocenters. The summed E-state index contributed by atoms with van der Waals surface area (Å²) in [6, 6.07) is 6.80. The van der Waals surface area contributed by atoms with Crippen molar-refractivity contribution in [3.05, 3.63) is 47.0 Å². The molecular weight excluding hydrogens is 276 g/mol. The Balaban J connectivity index is 1.92. The Bertz CT molecular complexity index is 572. The topological polar surface area (TPSA) is 54.4 Å². The number of aliphatic hydroxyl groups excluding tert-OH is 1. The average Bonchev–Trinajstić information content (AvgIpc) is 2.54. The van der Waals surface area contributed by atoms with Crippen molar-refractivity contribution in [2.45, 2.75) is 58.0 Å². The Morgan fingerprint density at radius 1 is 0.955 bits per heavy atom. The second-order valence-corrected chi connectivity index (χ2v) is 5.91. The number of benzene rings is 1. The SMILES string of the molecule is CCCCCCCC[C@@H](O)C1=CC(=O)c2ccccc2C1=O. The molecule has 0 fully saturated rings. The first-order valence-corrected chi connectivity index (χ1v) is 8.23. The van der Waals surface area contributed by atoms with E-state index in [1.807, 2.05) is 0 Å². The molecule has 1 N–H and O–H groups in total. The highest BCUT2D eigenvalue weighted by Gasteiger charge is 2.28. The molecular formula is C19H24O3. The van der Waals surface area contributed by atoms with E-state index < -0.39 is 6.10 Å². The number of carbonyl (C=O) groups excluding carboxylic acids is 2. The standard InChI is InChI=1S/C19H24O3/c1-2-3-4-5-6-7-12-17(20)16-13-18(21)14-10-8-9-11-15(14)19(16)22/h8-11,13,17,20H,2-7,12H2,1H3/t17-/m1/s1. The van der Waals surface area contributed by atoms with E-state index in [1.165, 1.54) is 25.3 Å². The number of carbonyl (C=O) groups is 2. The van der Waals surface area contributed by atoms with E-state index in [4.69, 9.17) is 0 Å². The van der Waals surface area contributed by atoms with E-state index >= 15 is 0 Å². The molecule has 22 heavy (non-hydrogen) atoms. The number of hydrogen-bond acceptors (Lipinski definition) is 3. The Morgan fingerprint density at radius 3 is 2.32 bits per heavy atom. The molecule has 1 aliphatic carbocycles. The summed E-state index contributed by atoms with van der Waals surface area (Å²) in [5.74, 6) is -0.402. The van der Waals surface area contributed by atoms with Crippen molar-refractivity contribution in [3.63, 3.8) is 0 Å². The lowest BCUT2D eigenvalue weighted by Crippen LogP contribution is -2.25. The van der Waals surface area contributed by atoms with Crippen LogP contribution in [0.5, 0.6) is 0 Å². The Morgan fingerprint density at radius 2 is 1.59 bits per heavy atom. The van der Waals surface area contributed by atoms with Crippen molar-refractivity contribution in [1.29, 1.82) is 0 Å². The van der Waals surface area contributed by atoms with Crippen LogP contribution in [0.4, 0.5) is 0 Å². The van der Waals surface area contributed by atoms with Gasteiger partial charge in [-0.25, -0.2) is 0 Å². The lowest BCUT2D eigenvalue weighted by molar-refractivity contribution is 0.0941. The monoisotopic (exact) mass is 300 g/mol. The number of hydrogen-bond donors (Lipinski definition) is 1. The molecule has 0 spiro atoms. The molecule has 0 bridgehead atoms. The average molecular weight is 300 g/mol. The van der Waals surface area contributed by atoms with Crippen LogP contribution in [0.1, 0.15) is 72.6 Å². The number of allylic oxidation sites excluding steroid dienone is 1. The van der Waals surface area contributed by atoms with Crippen molar-refractivity contribution >= 4 is 11.6 Å². The Labute approximate surface area is 132 Å². The van der Waals surface area contributed by atoms with Crippen LogP contribution < -0.4 is 0 Å². The summed E-state index contributed by atoms with van der Waals surface area (Å²) in [7, 11) is 0. The van der Waals surface area contributed by atoms with Gasteiger partial charge in [0.1, 0.15) is 0 Å². The molecule has 1 atom stereocenters. The van der Waals surface area contributed by atoms with Gasteiger partial charge in [0, 0.05) is 16.7 Å². The fourth-order valence-electron chi connectivity index (χ4n) is 2.86. The maximum Gasteiger partial charge on any atom is 0.192 e. The van der Waals surface area contributed by atoms with Gasteiger partial charge in [-0.15, -0.1) is 0 Å². The third kappa shape index (κ3) is 3.92. The largest absolute Gasteiger partial charge is 0.388 e. The molecule has 1 aliphatic rings. The molecule has 118 valence electrons. The van der Waals surface area contributed by atoms with Crippen LogP contribution in [0.25, 0.3) is 0 Å². The van der Waals surface area contributed by atoms with Crippen LogP contribution in [-0.4, -0.2) is 22.8 Å². The van der Waals surface area contributed by atoms with E-state index in [9.17, 15) is 14.7 Å². The number of unbranched alkanes of at least 4 members (excludes halogenated alkanes) is 5. The predicted octanol–water partition coefficient (Wildman–Crippen LogP) is 4.10. The molecule has 0 amide bonds. The molecule has 0 aliphatic heterocycles. The van der Waals surface area contributed by atoms with Gasteiger partial charge in [0.15, 0.2) is 11.6 Å². The molecule has 0 radical (unpaired) electrons. The molecule has 1 aromatic carbocycles. The summed E-state index contributed by atoms with van der Waals surface area (Å²) >= 11 is 0. The van der Waals surface area contributed by atoms with Crippen LogP contribution in [0, 0.1) is 0 Å². The molecule has 3 heteroatoms. The molecule has 1 aromatic rings. The fourth-order valence-corrected chi connectivity index (χ4v) is 2.86. The number of fused-ring (bicyclic) bond motifs is 1. The third-order valence-electron chi connectivity index (χ3n) is 4.18. The zero-order valence-corrected chi connectivity index (χ0v) is 13.2. The van der Waals surface area contributed by atoms with Crippen molar-refractivity contribution in [2.75, 3.05) is 0 Å². The smallest absolute Gasteiger partial charge is 0.192 e. The predicted molar refractivity (Wildman–Crippen MR) is 87.2 cm³/mol. The highest BCUT2D eigenvalue weighted by atomic mass is 16.3. The van der Waals surface area contributed by atoms with E-state index in [2.05, 4.69) is 6.92 Å². The van der Waals surface area contributed by atoms with Crippen molar-refractivity contribution < 1.29 is 14.7 Å². The van der Waals surface area contributed by atoms with Gasteiger partial charge < -0.3 is 5.11 Å². The Kier molecular flexibility index (Phi) is 6.08. The molecule has 0 aromatic heterocycles. The summed E-state index contributed by atoms with van der Waals surface area (Å²) in [5.41, 5.74) is 1.09. The molecule has 0 heterocycles. The minimum atomic E-state index is -0.837. The second kappa shape index (κ2) is 8.04. The summed E-state index contributed by atoms with van der Waals surface area (Å²) in [5, 5.41) is 10.2. The lowest BCUT2D eigenvalue weighted by atomic mass is 9.86. The normalized spacial score (nSPS) is 15.5. The van der Waals surface area contributed by atoms with E-state index in [0.29, 0.717) is 17.5 Å². The van der Waals surface area contributed by atoms with Crippen LogP contribution in [0.15, 0.2) is 35.9 Å². The van der Waals surface area contributed by atoms with E-state index in [0.717, 1.165) is 19.3 Å². The number of ketones is 2. The minimum absolute atomic E-state index is 0.188. The second-order valence-electron chi connectivity index (χ2n) is 5.91. The van der Waals surface area contributed by atoms with Gasteiger partial charge >= 0.3 is 0 Å². The zero-order chi connectivity index (χ0) is 15.9. The van der Waals surface area contributed by atoms with Gasteiger partial charge in [-0.1, -0.05) is 69.7 Å². The van der Waals surface area contributed by atoms with Gasteiger partial charge in [-0.2, -0.15) is 0 Å². The van der Waals surface area contributed by atoms with Crippen LogP contribution in [0.2, 0.25) is 0 Å². The molecule has 2 rings (SSSR count). The van der Waals surface area contributed by atoms with Gasteiger partial charge in [0.2, 0.25) is 0 Å². The van der Waals surface area contributed by atoms with Crippen LogP contribution >= 0.6 is 0 Å². The van der Waals surface area contributed by atoms with Gasteiger partial charge in [-0.05, 0) is 12.5 Å². The third-order valence-corrected chi connectivity index (χ3v) is 4.18.